The summed E-state index contributed by atoms with van der Waals surface area (Å²) in [6, 6.07) is 1.68. The molecule has 4 aliphatic rings. The van der Waals surface area contributed by atoms with Crippen molar-refractivity contribution < 1.29 is 9.47 Å². The first-order valence-corrected chi connectivity index (χ1v) is 10.4. The van der Waals surface area contributed by atoms with Crippen LogP contribution in [0.5, 0.6) is 0 Å². The van der Waals surface area contributed by atoms with Crippen LogP contribution in [-0.2, 0) is 9.47 Å². The van der Waals surface area contributed by atoms with Gasteiger partial charge in [0.15, 0.2) is 0 Å². The van der Waals surface area contributed by atoms with E-state index < -0.39 is 0 Å². The molecule has 0 aromatic carbocycles. The van der Waals surface area contributed by atoms with E-state index in [1.54, 1.807) is 0 Å². The Morgan fingerprint density at radius 2 is 2.08 bits per heavy atom. The fourth-order valence-corrected chi connectivity index (χ4v) is 5.42. The molecule has 0 spiro atoms. The van der Waals surface area contributed by atoms with Crippen LogP contribution in [0, 0.1) is 5.92 Å². The predicted octanol–water partition coefficient (Wildman–Crippen LogP) is 0.136. The monoisotopic (exact) mass is 352 g/mol. The number of likely N-dealkylation sites (N-methyl/N-ethyl adjacent to an activating group) is 1. The van der Waals surface area contributed by atoms with Crippen LogP contribution in [0.3, 0.4) is 0 Å². The minimum Gasteiger partial charge on any atom is -0.375 e. The molecule has 25 heavy (non-hydrogen) atoms. The number of hydrogen-bond acceptors (Lipinski definition) is 6. The third-order valence-electron chi connectivity index (χ3n) is 6.86. The Balaban J connectivity index is 1.34. The summed E-state index contributed by atoms with van der Waals surface area (Å²) in [5, 5.41) is 7.34. The number of fused-ring (bicyclic) bond motifs is 2. The van der Waals surface area contributed by atoms with Crippen LogP contribution in [0.25, 0.3) is 0 Å². The van der Waals surface area contributed by atoms with Crippen molar-refractivity contribution in [2.24, 2.45) is 5.92 Å². The van der Waals surface area contributed by atoms with E-state index in [1.807, 2.05) is 0 Å². The number of nitrogens with zero attached hydrogens (tertiary/aromatic N) is 2. The van der Waals surface area contributed by atoms with E-state index >= 15 is 0 Å². The van der Waals surface area contributed by atoms with E-state index in [9.17, 15) is 0 Å². The Morgan fingerprint density at radius 3 is 2.96 bits per heavy atom. The Labute approximate surface area is 152 Å². The fraction of sp³-hybridized carbons (Fsp3) is 1.00. The van der Waals surface area contributed by atoms with Gasteiger partial charge in [-0.2, -0.15) is 0 Å². The number of nitrogens with one attached hydrogen (secondary N) is 2. The van der Waals surface area contributed by atoms with Crippen molar-refractivity contribution in [3.63, 3.8) is 0 Å². The smallest absolute Gasteiger partial charge is 0.0784 e. The fourth-order valence-electron chi connectivity index (χ4n) is 5.42. The van der Waals surface area contributed by atoms with Crippen molar-refractivity contribution in [2.75, 3.05) is 59.0 Å². The maximum atomic E-state index is 6.27. The number of likely N-dealkylation sites (tertiary alicyclic amines) is 1. The Morgan fingerprint density at radius 1 is 1.16 bits per heavy atom. The van der Waals surface area contributed by atoms with Gasteiger partial charge in [0, 0.05) is 63.3 Å². The molecular weight excluding hydrogens is 316 g/mol. The number of ether oxygens (including phenoxy) is 2. The molecule has 0 amide bonds. The molecule has 6 heteroatoms. The number of hydrogen-bond donors (Lipinski definition) is 2. The molecule has 6 nitrogen and oxygen atoms in total. The highest BCUT2D eigenvalue weighted by molar-refractivity contribution is 4.96. The van der Waals surface area contributed by atoms with Crippen LogP contribution < -0.4 is 10.6 Å². The van der Waals surface area contributed by atoms with Crippen molar-refractivity contribution in [3.05, 3.63) is 0 Å². The maximum Gasteiger partial charge on any atom is 0.0784 e. The lowest BCUT2D eigenvalue weighted by molar-refractivity contribution is -0.113. The lowest BCUT2D eigenvalue weighted by atomic mass is 9.84. The van der Waals surface area contributed by atoms with Crippen molar-refractivity contribution in [1.82, 2.24) is 20.4 Å². The zero-order valence-corrected chi connectivity index (χ0v) is 16.0. The highest BCUT2D eigenvalue weighted by Gasteiger charge is 2.41. The Kier molecular flexibility index (Phi) is 5.94. The molecule has 0 saturated carbocycles. The van der Waals surface area contributed by atoms with E-state index in [-0.39, 0.29) is 0 Å². The molecule has 4 rings (SSSR count). The van der Waals surface area contributed by atoms with Crippen molar-refractivity contribution >= 4 is 0 Å². The molecule has 6 atom stereocenters. The molecular formula is C19H36N4O2. The molecule has 4 saturated heterocycles. The van der Waals surface area contributed by atoms with Gasteiger partial charge in [-0.25, -0.2) is 0 Å². The van der Waals surface area contributed by atoms with Crippen molar-refractivity contribution in [3.8, 4) is 0 Å². The lowest BCUT2D eigenvalue weighted by Gasteiger charge is -2.49. The zero-order chi connectivity index (χ0) is 17.2. The topological polar surface area (TPSA) is 49.0 Å². The van der Waals surface area contributed by atoms with Gasteiger partial charge in [0.1, 0.15) is 0 Å². The summed E-state index contributed by atoms with van der Waals surface area (Å²) < 4.78 is 12.2. The Bertz CT molecular complexity index is 438. The van der Waals surface area contributed by atoms with Crippen molar-refractivity contribution in [2.45, 2.75) is 57.0 Å². The van der Waals surface area contributed by atoms with Gasteiger partial charge < -0.3 is 20.1 Å². The lowest BCUT2D eigenvalue weighted by Crippen LogP contribution is -2.63. The van der Waals surface area contributed by atoms with Crippen LogP contribution in [0.2, 0.25) is 0 Å². The van der Waals surface area contributed by atoms with Crippen molar-refractivity contribution in [1.29, 1.82) is 0 Å². The molecule has 4 fully saturated rings. The molecule has 6 unspecified atom stereocenters. The van der Waals surface area contributed by atoms with Gasteiger partial charge in [-0.15, -0.1) is 0 Å². The standard InChI is InChI=1S/C19H36N4O2/c1-3-22-7-9-25-19-15(11-20-12-17(19)22)10-14(2)23-6-4-18-16(13-23)21-5-8-24-18/h14-21H,3-13H2,1-2H3. The zero-order valence-electron chi connectivity index (χ0n) is 16.0. The number of piperidine rings is 2. The largest absolute Gasteiger partial charge is 0.375 e. The first-order valence-electron chi connectivity index (χ1n) is 10.4. The molecule has 0 aliphatic carbocycles. The minimum atomic E-state index is 0.408. The van der Waals surface area contributed by atoms with Gasteiger partial charge in [-0.05, 0) is 26.3 Å². The van der Waals surface area contributed by atoms with Gasteiger partial charge in [-0.3, -0.25) is 9.80 Å². The second-order valence-electron chi connectivity index (χ2n) is 8.29. The van der Waals surface area contributed by atoms with Gasteiger partial charge in [0.2, 0.25) is 0 Å². The number of rotatable bonds is 4. The summed E-state index contributed by atoms with van der Waals surface area (Å²) >= 11 is 0. The molecule has 2 N–H and O–H groups in total. The van der Waals surface area contributed by atoms with Crippen LogP contribution in [-0.4, -0.2) is 99.2 Å². The van der Waals surface area contributed by atoms with Gasteiger partial charge >= 0.3 is 0 Å². The van der Waals surface area contributed by atoms with E-state index in [0.717, 1.165) is 58.9 Å². The SMILES string of the molecule is CCN1CCOC2C(CC(C)N3CCC4OCCNC4C3)CNCC21. The summed E-state index contributed by atoms with van der Waals surface area (Å²) in [5.74, 6) is 0.622. The molecule has 0 aromatic heterocycles. The summed E-state index contributed by atoms with van der Waals surface area (Å²) in [6.45, 7) is 14.2. The van der Waals surface area contributed by atoms with Gasteiger partial charge in [0.25, 0.3) is 0 Å². The molecule has 0 aromatic rings. The Hall–Kier alpha value is -0.240. The maximum absolute atomic E-state index is 6.27. The van der Waals surface area contributed by atoms with Crippen LogP contribution in [0.15, 0.2) is 0 Å². The first kappa shape index (κ1) is 18.1. The first-order chi connectivity index (χ1) is 12.3. The third kappa shape index (κ3) is 3.89. The average Bonchev–Trinajstić information content (AvgIpc) is 2.67. The average molecular weight is 353 g/mol. The van der Waals surface area contributed by atoms with Crippen LogP contribution >= 0.6 is 0 Å². The summed E-state index contributed by atoms with van der Waals surface area (Å²) in [6.07, 6.45) is 3.23. The highest BCUT2D eigenvalue weighted by Crippen LogP contribution is 2.29. The second-order valence-corrected chi connectivity index (χ2v) is 8.29. The number of morpholine rings is 2. The van der Waals surface area contributed by atoms with Crippen LogP contribution in [0.1, 0.15) is 26.7 Å². The molecule has 0 radical (unpaired) electrons. The summed E-state index contributed by atoms with van der Waals surface area (Å²) in [7, 11) is 0. The van der Waals surface area contributed by atoms with Gasteiger partial charge in [-0.1, -0.05) is 6.92 Å². The molecule has 4 aliphatic heterocycles. The molecule has 4 heterocycles. The minimum absolute atomic E-state index is 0.408. The highest BCUT2D eigenvalue weighted by atomic mass is 16.5. The van der Waals surface area contributed by atoms with E-state index in [2.05, 4.69) is 34.3 Å². The van der Waals surface area contributed by atoms with E-state index in [0.29, 0.717) is 36.3 Å². The second kappa shape index (κ2) is 8.19. The summed E-state index contributed by atoms with van der Waals surface area (Å²) in [4.78, 5) is 5.28. The van der Waals surface area contributed by atoms with Gasteiger partial charge in [0.05, 0.1) is 25.4 Å². The van der Waals surface area contributed by atoms with E-state index in [4.69, 9.17) is 9.47 Å². The molecule has 144 valence electrons. The normalized spacial score (nSPS) is 41.8. The van der Waals surface area contributed by atoms with E-state index in [1.165, 1.54) is 13.0 Å². The quantitative estimate of drug-likeness (QED) is 0.751. The van der Waals surface area contributed by atoms with Crippen LogP contribution in [0.4, 0.5) is 0 Å². The third-order valence-corrected chi connectivity index (χ3v) is 6.86. The summed E-state index contributed by atoms with van der Waals surface area (Å²) in [5.41, 5.74) is 0. The predicted molar refractivity (Wildman–Crippen MR) is 98.9 cm³/mol. The molecule has 0 bridgehead atoms.